The van der Waals surface area contributed by atoms with Gasteiger partial charge in [0.2, 0.25) is 0 Å². The van der Waals surface area contributed by atoms with Crippen molar-refractivity contribution < 1.29 is 5.11 Å². The summed E-state index contributed by atoms with van der Waals surface area (Å²) in [4.78, 5) is 2.41. The molecule has 1 aromatic carbocycles. The fourth-order valence-electron chi connectivity index (χ4n) is 2.13. The Bertz CT molecular complexity index is 299. The number of hydrogen-bond donors (Lipinski definition) is 1. The molecule has 0 amide bonds. The zero-order valence-electron chi connectivity index (χ0n) is 9.32. The van der Waals surface area contributed by atoms with Crippen LogP contribution in [0.5, 0.6) is 0 Å². The molecule has 0 radical (unpaired) electrons. The number of aryl methyl sites for hydroxylation is 1. The zero-order chi connectivity index (χ0) is 10.7. The van der Waals surface area contributed by atoms with E-state index < -0.39 is 0 Å². The average Bonchev–Trinajstić information content (AvgIpc) is 2.30. The van der Waals surface area contributed by atoms with Crippen molar-refractivity contribution in [3.8, 4) is 0 Å². The van der Waals surface area contributed by atoms with Gasteiger partial charge in [-0.1, -0.05) is 17.7 Å². The highest BCUT2D eigenvalue weighted by atomic mass is 16.3. The van der Waals surface area contributed by atoms with Crippen molar-refractivity contribution in [2.75, 3.05) is 24.6 Å². The molecule has 1 aliphatic heterocycles. The van der Waals surface area contributed by atoms with Gasteiger partial charge in [-0.15, -0.1) is 0 Å². The molecule has 0 atom stereocenters. The Morgan fingerprint density at radius 2 is 1.80 bits per heavy atom. The van der Waals surface area contributed by atoms with Gasteiger partial charge in [0.1, 0.15) is 0 Å². The SMILES string of the molecule is Cc1ccc(N2CCC(CO)CC2)cc1. The average molecular weight is 205 g/mol. The van der Waals surface area contributed by atoms with Gasteiger partial charge >= 0.3 is 0 Å². The standard InChI is InChI=1S/C13H19NO/c1-11-2-4-13(5-3-11)14-8-6-12(10-15)7-9-14/h2-5,12,15H,6-10H2,1H3. The lowest BCUT2D eigenvalue weighted by Gasteiger charge is -2.32. The van der Waals surface area contributed by atoms with Gasteiger partial charge in [-0.05, 0) is 37.8 Å². The molecule has 1 heterocycles. The Morgan fingerprint density at radius 3 is 2.33 bits per heavy atom. The first-order valence-corrected chi connectivity index (χ1v) is 5.72. The molecule has 0 spiro atoms. The summed E-state index contributed by atoms with van der Waals surface area (Å²) in [6.45, 7) is 4.62. The first kappa shape index (κ1) is 10.5. The third-order valence-corrected chi connectivity index (χ3v) is 3.27. The summed E-state index contributed by atoms with van der Waals surface area (Å²) in [5.41, 5.74) is 2.63. The van der Waals surface area contributed by atoms with Crippen LogP contribution < -0.4 is 4.90 Å². The first-order valence-electron chi connectivity index (χ1n) is 5.72. The van der Waals surface area contributed by atoms with Crippen LogP contribution in [0, 0.1) is 12.8 Å². The molecule has 2 nitrogen and oxygen atoms in total. The number of piperidine rings is 1. The van der Waals surface area contributed by atoms with Crippen molar-refractivity contribution in [2.24, 2.45) is 5.92 Å². The monoisotopic (exact) mass is 205 g/mol. The summed E-state index contributed by atoms with van der Waals surface area (Å²) in [6, 6.07) is 8.70. The lowest BCUT2D eigenvalue weighted by Crippen LogP contribution is -2.34. The van der Waals surface area contributed by atoms with Gasteiger partial charge < -0.3 is 10.0 Å². The van der Waals surface area contributed by atoms with Crippen LogP contribution >= 0.6 is 0 Å². The summed E-state index contributed by atoms with van der Waals surface area (Å²) in [5.74, 6) is 0.520. The number of nitrogens with zero attached hydrogens (tertiary/aromatic N) is 1. The summed E-state index contributed by atoms with van der Waals surface area (Å²) in [7, 11) is 0. The highest BCUT2D eigenvalue weighted by molar-refractivity contribution is 5.47. The third-order valence-electron chi connectivity index (χ3n) is 3.27. The van der Waals surface area contributed by atoms with E-state index in [9.17, 15) is 0 Å². The van der Waals surface area contributed by atoms with Crippen molar-refractivity contribution in [3.05, 3.63) is 29.8 Å². The number of aliphatic hydroxyl groups is 1. The maximum atomic E-state index is 9.07. The Morgan fingerprint density at radius 1 is 1.20 bits per heavy atom. The normalized spacial score (nSPS) is 18.1. The van der Waals surface area contributed by atoms with Crippen LogP contribution in [-0.4, -0.2) is 24.8 Å². The molecular formula is C13H19NO. The molecule has 15 heavy (non-hydrogen) atoms. The molecule has 2 heteroatoms. The molecule has 1 aliphatic rings. The molecule has 82 valence electrons. The number of hydrogen-bond acceptors (Lipinski definition) is 2. The number of anilines is 1. The second-order valence-electron chi connectivity index (χ2n) is 4.45. The minimum Gasteiger partial charge on any atom is -0.396 e. The fourth-order valence-corrected chi connectivity index (χ4v) is 2.13. The van der Waals surface area contributed by atoms with Crippen molar-refractivity contribution >= 4 is 5.69 Å². The minimum atomic E-state index is 0.349. The Kier molecular flexibility index (Phi) is 3.27. The molecule has 0 unspecified atom stereocenters. The van der Waals surface area contributed by atoms with E-state index in [1.54, 1.807) is 0 Å². The van der Waals surface area contributed by atoms with Crippen LogP contribution in [0.15, 0.2) is 24.3 Å². The van der Waals surface area contributed by atoms with E-state index in [0.717, 1.165) is 25.9 Å². The van der Waals surface area contributed by atoms with Crippen LogP contribution in [-0.2, 0) is 0 Å². The van der Waals surface area contributed by atoms with Gasteiger partial charge in [-0.25, -0.2) is 0 Å². The van der Waals surface area contributed by atoms with E-state index in [0.29, 0.717) is 12.5 Å². The lowest BCUT2D eigenvalue weighted by atomic mass is 9.97. The Hall–Kier alpha value is -1.02. The molecule has 1 aromatic rings. The molecule has 0 aliphatic carbocycles. The predicted octanol–water partition coefficient (Wildman–Crippen LogP) is 2.20. The van der Waals surface area contributed by atoms with Gasteiger partial charge in [-0.2, -0.15) is 0 Å². The topological polar surface area (TPSA) is 23.5 Å². The van der Waals surface area contributed by atoms with Crippen LogP contribution in [0.2, 0.25) is 0 Å². The van der Waals surface area contributed by atoms with E-state index in [-0.39, 0.29) is 0 Å². The van der Waals surface area contributed by atoms with Crippen LogP contribution in [0.1, 0.15) is 18.4 Å². The van der Waals surface area contributed by atoms with Gasteiger partial charge in [0.05, 0.1) is 0 Å². The fraction of sp³-hybridized carbons (Fsp3) is 0.538. The van der Waals surface area contributed by atoms with Crippen molar-refractivity contribution in [2.45, 2.75) is 19.8 Å². The van der Waals surface area contributed by atoms with Crippen molar-refractivity contribution in [3.63, 3.8) is 0 Å². The molecule has 2 rings (SSSR count). The predicted molar refractivity (Wildman–Crippen MR) is 63.2 cm³/mol. The van der Waals surface area contributed by atoms with E-state index in [1.807, 2.05) is 0 Å². The number of aliphatic hydroxyl groups excluding tert-OH is 1. The van der Waals surface area contributed by atoms with Crippen LogP contribution in [0.3, 0.4) is 0 Å². The van der Waals surface area contributed by atoms with Crippen molar-refractivity contribution in [1.82, 2.24) is 0 Å². The number of benzene rings is 1. The molecule has 1 fully saturated rings. The summed E-state index contributed by atoms with van der Waals surface area (Å²) in [5, 5.41) is 9.07. The molecule has 0 saturated carbocycles. The minimum absolute atomic E-state index is 0.349. The zero-order valence-corrected chi connectivity index (χ0v) is 9.32. The molecule has 1 saturated heterocycles. The first-order chi connectivity index (χ1) is 7.29. The van der Waals surface area contributed by atoms with Gasteiger partial charge in [0.15, 0.2) is 0 Å². The Balaban J connectivity index is 1.98. The summed E-state index contributed by atoms with van der Waals surface area (Å²) in [6.07, 6.45) is 2.23. The molecular weight excluding hydrogens is 186 g/mol. The Labute approximate surface area is 91.5 Å². The van der Waals surface area contributed by atoms with E-state index in [1.165, 1.54) is 11.3 Å². The molecule has 0 aromatic heterocycles. The second kappa shape index (κ2) is 4.67. The van der Waals surface area contributed by atoms with Gasteiger partial charge in [-0.3, -0.25) is 0 Å². The highest BCUT2D eigenvalue weighted by Gasteiger charge is 2.18. The quantitative estimate of drug-likeness (QED) is 0.800. The van der Waals surface area contributed by atoms with Gasteiger partial charge in [0, 0.05) is 25.4 Å². The lowest BCUT2D eigenvalue weighted by molar-refractivity contribution is 0.203. The largest absolute Gasteiger partial charge is 0.396 e. The van der Waals surface area contributed by atoms with Gasteiger partial charge in [0.25, 0.3) is 0 Å². The van der Waals surface area contributed by atoms with Crippen LogP contribution in [0.4, 0.5) is 5.69 Å². The summed E-state index contributed by atoms with van der Waals surface area (Å²) < 4.78 is 0. The highest BCUT2D eigenvalue weighted by Crippen LogP contribution is 2.22. The van der Waals surface area contributed by atoms with Crippen molar-refractivity contribution in [1.29, 1.82) is 0 Å². The number of rotatable bonds is 2. The van der Waals surface area contributed by atoms with E-state index >= 15 is 0 Å². The molecule has 1 N–H and O–H groups in total. The second-order valence-corrected chi connectivity index (χ2v) is 4.45. The van der Waals surface area contributed by atoms with E-state index in [4.69, 9.17) is 5.11 Å². The maximum Gasteiger partial charge on any atom is 0.0460 e. The molecule has 0 bridgehead atoms. The van der Waals surface area contributed by atoms with E-state index in [2.05, 4.69) is 36.1 Å². The maximum absolute atomic E-state index is 9.07. The smallest absolute Gasteiger partial charge is 0.0460 e. The summed E-state index contributed by atoms with van der Waals surface area (Å²) >= 11 is 0. The van der Waals surface area contributed by atoms with Crippen LogP contribution in [0.25, 0.3) is 0 Å². The third kappa shape index (κ3) is 2.51.